The molecule has 22 heavy (non-hydrogen) atoms. The summed E-state index contributed by atoms with van der Waals surface area (Å²) in [6.45, 7) is 3.98. The van der Waals surface area contributed by atoms with Gasteiger partial charge in [-0.3, -0.25) is 9.59 Å². The van der Waals surface area contributed by atoms with E-state index in [1.165, 1.54) is 6.42 Å². The Balaban J connectivity index is 1.83. The van der Waals surface area contributed by atoms with Crippen LogP contribution in [0.5, 0.6) is 0 Å². The van der Waals surface area contributed by atoms with Gasteiger partial charge in [0.05, 0.1) is 5.56 Å². The van der Waals surface area contributed by atoms with Crippen LogP contribution in [0.3, 0.4) is 0 Å². The first-order valence-corrected chi connectivity index (χ1v) is 8.00. The predicted molar refractivity (Wildman–Crippen MR) is 86.9 cm³/mol. The molecule has 4 nitrogen and oxygen atoms in total. The highest BCUT2D eigenvalue weighted by Gasteiger charge is 2.28. The van der Waals surface area contributed by atoms with Crippen molar-refractivity contribution in [3.8, 4) is 0 Å². The summed E-state index contributed by atoms with van der Waals surface area (Å²) >= 11 is 0. The summed E-state index contributed by atoms with van der Waals surface area (Å²) < 4.78 is 0. The van der Waals surface area contributed by atoms with E-state index in [0.717, 1.165) is 35.9 Å². The van der Waals surface area contributed by atoms with Crippen LogP contribution in [0.25, 0.3) is 10.9 Å². The Kier molecular flexibility index (Phi) is 4.01. The average Bonchev–Trinajstić information content (AvgIpc) is 2.84. The molecular weight excluding hydrogens is 276 g/mol. The standard InChI is InChI=1S/C18H22N2O2/c1-11-7-3-5-9-14(11)20-18(22)17(21)16-12(2)19-15-10-6-4-8-13(15)16/h4,6,8,10-11,14,19H,3,5,7,9H2,1-2H3,(H,20,22)/t11-,14+/m1/s1. The molecule has 0 spiro atoms. The fourth-order valence-electron chi connectivity index (χ4n) is 3.45. The maximum atomic E-state index is 12.6. The highest BCUT2D eigenvalue weighted by molar-refractivity contribution is 6.45. The Bertz CT molecular complexity index is 717. The summed E-state index contributed by atoms with van der Waals surface area (Å²) in [4.78, 5) is 28.1. The number of H-pyrrole nitrogens is 1. The van der Waals surface area contributed by atoms with Crippen molar-refractivity contribution < 1.29 is 9.59 Å². The van der Waals surface area contributed by atoms with Gasteiger partial charge in [-0.05, 0) is 31.7 Å². The van der Waals surface area contributed by atoms with Crippen LogP contribution >= 0.6 is 0 Å². The molecule has 1 aliphatic rings. The van der Waals surface area contributed by atoms with Gasteiger partial charge >= 0.3 is 0 Å². The van der Waals surface area contributed by atoms with E-state index in [1.54, 1.807) is 0 Å². The predicted octanol–water partition coefficient (Wildman–Crippen LogP) is 3.35. The highest BCUT2D eigenvalue weighted by Crippen LogP contribution is 2.25. The molecule has 1 heterocycles. The molecule has 0 bridgehead atoms. The van der Waals surface area contributed by atoms with Gasteiger partial charge in [0.2, 0.25) is 0 Å². The zero-order valence-electron chi connectivity index (χ0n) is 13.1. The number of hydrogen-bond acceptors (Lipinski definition) is 2. The zero-order valence-corrected chi connectivity index (χ0v) is 13.1. The lowest BCUT2D eigenvalue weighted by Crippen LogP contribution is -2.44. The second-order valence-electron chi connectivity index (χ2n) is 6.34. The molecule has 0 saturated heterocycles. The highest BCUT2D eigenvalue weighted by atomic mass is 16.2. The van der Waals surface area contributed by atoms with Crippen molar-refractivity contribution in [1.82, 2.24) is 10.3 Å². The van der Waals surface area contributed by atoms with Crippen LogP contribution in [-0.2, 0) is 4.79 Å². The van der Waals surface area contributed by atoms with E-state index in [4.69, 9.17) is 0 Å². The lowest BCUT2D eigenvalue weighted by Gasteiger charge is -2.29. The first-order valence-electron chi connectivity index (χ1n) is 8.00. The van der Waals surface area contributed by atoms with Gasteiger partial charge < -0.3 is 10.3 Å². The molecule has 3 rings (SSSR count). The maximum absolute atomic E-state index is 12.6. The maximum Gasteiger partial charge on any atom is 0.292 e. The second-order valence-corrected chi connectivity index (χ2v) is 6.34. The third-order valence-electron chi connectivity index (χ3n) is 4.75. The number of fused-ring (bicyclic) bond motifs is 1. The topological polar surface area (TPSA) is 62.0 Å². The Morgan fingerprint density at radius 1 is 1.18 bits per heavy atom. The minimum Gasteiger partial charge on any atom is -0.358 e. The fourth-order valence-corrected chi connectivity index (χ4v) is 3.45. The van der Waals surface area contributed by atoms with Crippen molar-refractivity contribution in [3.63, 3.8) is 0 Å². The average molecular weight is 298 g/mol. The number of Topliss-reactive ketones (excluding diaryl/α,β-unsaturated/α-hetero) is 1. The zero-order chi connectivity index (χ0) is 15.7. The number of aromatic nitrogens is 1. The smallest absolute Gasteiger partial charge is 0.292 e. The number of nitrogens with one attached hydrogen (secondary N) is 2. The summed E-state index contributed by atoms with van der Waals surface area (Å²) in [5.74, 6) is -0.478. The summed E-state index contributed by atoms with van der Waals surface area (Å²) in [7, 11) is 0. The van der Waals surface area contributed by atoms with Crippen molar-refractivity contribution in [3.05, 3.63) is 35.5 Å². The van der Waals surface area contributed by atoms with E-state index in [9.17, 15) is 9.59 Å². The van der Waals surface area contributed by atoms with Gasteiger partial charge in [0.1, 0.15) is 0 Å². The minimum atomic E-state index is -0.480. The third-order valence-corrected chi connectivity index (χ3v) is 4.75. The van der Waals surface area contributed by atoms with E-state index in [0.29, 0.717) is 11.5 Å². The van der Waals surface area contributed by atoms with E-state index in [1.807, 2.05) is 31.2 Å². The summed E-state index contributed by atoms with van der Waals surface area (Å²) in [6, 6.07) is 7.71. The van der Waals surface area contributed by atoms with E-state index < -0.39 is 11.7 Å². The molecule has 1 aromatic carbocycles. The molecule has 1 saturated carbocycles. The van der Waals surface area contributed by atoms with Crippen LogP contribution < -0.4 is 5.32 Å². The van der Waals surface area contributed by atoms with Crippen LogP contribution in [0.15, 0.2) is 24.3 Å². The molecule has 4 heteroatoms. The molecule has 2 aromatic rings. The van der Waals surface area contributed by atoms with Crippen molar-refractivity contribution in [1.29, 1.82) is 0 Å². The monoisotopic (exact) mass is 298 g/mol. The fraction of sp³-hybridized carbons (Fsp3) is 0.444. The number of aryl methyl sites for hydroxylation is 1. The molecule has 2 N–H and O–H groups in total. The van der Waals surface area contributed by atoms with Crippen molar-refractivity contribution in [2.24, 2.45) is 5.92 Å². The number of rotatable bonds is 3. The largest absolute Gasteiger partial charge is 0.358 e. The van der Waals surface area contributed by atoms with Crippen molar-refractivity contribution in [2.75, 3.05) is 0 Å². The van der Waals surface area contributed by atoms with Gasteiger partial charge in [-0.2, -0.15) is 0 Å². The van der Waals surface area contributed by atoms with E-state index in [2.05, 4.69) is 17.2 Å². The molecule has 2 atom stereocenters. The SMILES string of the molecule is Cc1[nH]c2ccccc2c1C(=O)C(=O)N[C@H]1CCCC[C@H]1C. The minimum absolute atomic E-state index is 0.121. The Labute approximate surface area is 130 Å². The van der Waals surface area contributed by atoms with Crippen LogP contribution in [0.4, 0.5) is 0 Å². The number of carbonyl (C=O) groups is 2. The summed E-state index contributed by atoms with van der Waals surface area (Å²) in [6.07, 6.45) is 4.41. The van der Waals surface area contributed by atoms with Crippen molar-refractivity contribution in [2.45, 2.75) is 45.6 Å². The van der Waals surface area contributed by atoms with Crippen LogP contribution in [0.1, 0.15) is 48.7 Å². The summed E-state index contributed by atoms with van der Waals surface area (Å²) in [5.41, 5.74) is 2.14. The third kappa shape index (κ3) is 2.65. The molecule has 1 fully saturated rings. The first-order chi connectivity index (χ1) is 10.6. The number of para-hydroxylation sites is 1. The first kappa shape index (κ1) is 14.8. The number of benzene rings is 1. The normalized spacial score (nSPS) is 21.7. The van der Waals surface area contributed by atoms with Gasteiger partial charge in [0.15, 0.2) is 0 Å². The van der Waals surface area contributed by atoms with Crippen LogP contribution in [-0.4, -0.2) is 22.7 Å². The number of amides is 1. The van der Waals surface area contributed by atoms with Gasteiger partial charge in [-0.1, -0.05) is 38.0 Å². The van der Waals surface area contributed by atoms with Gasteiger partial charge in [-0.25, -0.2) is 0 Å². The number of ketones is 1. The Hall–Kier alpha value is -2.10. The molecule has 1 aromatic heterocycles. The second kappa shape index (κ2) is 5.95. The van der Waals surface area contributed by atoms with Crippen molar-refractivity contribution >= 4 is 22.6 Å². The molecule has 1 amide bonds. The number of hydrogen-bond donors (Lipinski definition) is 2. The number of aromatic amines is 1. The Morgan fingerprint density at radius 2 is 1.91 bits per heavy atom. The van der Waals surface area contributed by atoms with Gasteiger partial charge in [-0.15, -0.1) is 0 Å². The molecular formula is C18H22N2O2. The molecule has 1 aliphatic carbocycles. The summed E-state index contributed by atoms with van der Waals surface area (Å²) in [5, 5.41) is 3.76. The molecule has 116 valence electrons. The lowest BCUT2D eigenvalue weighted by molar-refractivity contribution is -0.118. The molecule has 0 aliphatic heterocycles. The molecule has 0 unspecified atom stereocenters. The number of carbonyl (C=O) groups excluding carboxylic acids is 2. The Morgan fingerprint density at radius 3 is 2.68 bits per heavy atom. The molecule has 0 radical (unpaired) electrons. The lowest BCUT2D eigenvalue weighted by atomic mass is 9.86. The van der Waals surface area contributed by atoms with Gasteiger partial charge in [0.25, 0.3) is 11.7 Å². The van der Waals surface area contributed by atoms with Gasteiger partial charge in [0, 0.05) is 22.6 Å². The van der Waals surface area contributed by atoms with E-state index in [-0.39, 0.29) is 6.04 Å². The quantitative estimate of drug-likeness (QED) is 0.674. The van der Waals surface area contributed by atoms with E-state index >= 15 is 0 Å². The van der Waals surface area contributed by atoms with Crippen LogP contribution in [0, 0.1) is 12.8 Å². The van der Waals surface area contributed by atoms with Crippen LogP contribution in [0.2, 0.25) is 0 Å².